The van der Waals surface area contributed by atoms with Gasteiger partial charge in [-0.3, -0.25) is 0 Å². The van der Waals surface area contributed by atoms with E-state index in [0.29, 0.717) is 6.54 Å². The van der Waals surface area contributed by atoms with Crippen LogP contribution in [0.25, 0.3) is 0 Å². The number of hydrogen-bond donors (Lipinski definition) is 3. The summed E-state index contributed by atoms with van der Waals surface area (Å²) in [7, 11) is -3.48. The van der Waals surface area contributed by atoms with Crippen molar-refractivity contribution >= 4 is 10.0 Å². The second-order valence-electron chi connectivity index (χ2n) is 4.95. The van der Waals surface area contributed by atoms with Crippen molar-refractivity contribution in [3.05, 3.63) is 53.3 Å². The highest BCUT2D eigenvalue weighted by Crippen LogP contribution is 2.12. The summed E-state index contributed by atoms with van der Waals surface area (Å²) in [6.07, 6.45) is 1.52. The fourth-order valence-corrected chi connectivity index (χ4v) is 3.05. The zero-order valence-electron chi connectivity index (χ0n) is 12.3. The number of H-pyrrole nitrogens is 1. The van der Waals surface area contributed by atoms with Crippen molar-refractivity contribution in [1.29, 1.82) is 0 Å². The third-order valence-electron chi connectivity index (χ3n) is 3.14. The topological polar surface area (TPSA) is 74.0 Å². The van der Waals surface area contributed by atoms with Crippen LogP contribution in [-0.4, -0.2) is 19.9 Å². The largest absolute Gasteiger partial charge is 0.363 e. The summed E-state index contributed by atoms with van der Waals surface area (Å²) in [6.45, 7) is 5.75. The minimum Gasteiger partial charge on any atom is -0.363 e. The van der Waals surface area contributed by atoms with E-state index in [1.54, 1.807) is 6.07 Å². The molecule has 0 unspecified atom stereocenters. The molecule has 0 saturated heterocycles. The molecule has 0 fully saturated rings. The summed E-state index contributed by atoms with van der Waals surface area (Å²) in [6, 6.07) is 9.43. The maximum absolute atomic E-state index is 12.2. The van der Waals surface area contributed by atoms with E-state index in [0.717, 1.165) is 23.4 Å². The molecule has 0 amide bonds. The predicted molar refractivity (Wildman–Crippen MR) is 83.4 cm³/mol. The summed E-state index contributed by atoms with van der Waals surface area (Å²) in [5.41, 5.74) is 2.91. The van der Waals surface area contributed by atoms with Gasteiger partial charge in [0.1, 0.15) is 0 Å². The highest BCUT2D eigenvalue weighted by Gasteiger charge is 2.15. The Bertz CT molecular complexity index is 692. The van der Waals surface area contributed by atoms with Crippen LogP contribution in [0.4, 0.5) is 0 Å². The number of sulfonamides is 1. The van der Waals surface area contributed by atoms with Gasteiger partial charge in [0.15, 0.2) is 0 Å². The normalized spacial score (nSPS) is 11.7. The molecule has 0 spiro atoms. The zero-order valence-corrected chi connectivity index (χ0v) is 13.1. The van der Waals surface area contributed by atoms with Crippen LogP contribution in [0.2, 0.25) is 0 Å². The molecule has 5 nitrogen and oxygen atoms in total. The van der Waals surface area contributed by atoms with E-state index in [-0.39, 0.29) is 11.4 Å². The van der Waals surface area contributed by atoms with Crippen molar-refractivity contribution in [1.82, 2.24) is 15.0 Å². The van der Waals surface area contributed by atoms with Crippen LogP contribution >= 0.6 is 0 Å². The van der Waals surface area contributed by atoms with Gasteiger partial charge < -0.3 is 10.3 Å². The number of aromatic nitrogens is 1. The molecule has 0 saturated carbocycles. The molecular weight excluding hydrogens is 286 g/mol. The smallest absolute Gasteiger partial charge is 0.242 e. The van der Waals surface area contributed by atoms with Crippen LogP contribution in [0.15, 0.2) is 41.4 Å². The molecule has 0 bridgehead atoms. The Balaban J connectivity index is 2.02. The lowest BCUT2D eigenvalue weighted by Gasteiger charge is -2.05. The van der Waals surface area contributed by atoms with E-state index in [1.807, 2.05) is 38.1 Å². The van der Waals surface area contributed by atoms with E-state index in [1.165, 1.54) is 6.20 Å². The van der Waals surface area contributed by atoms with Gasteiger partial charge in [0, 0.05) is 25.0 Å². The number of aryl methyl sites for hydroxylation is 1. The number of nitrogens with one attached hydrogen (secondary N) is 3. The lowest BCUT2D eigenvalue weighted by atomic mass is 10.1. The number of aromatic amines is 1. The lowest BCUT2D eigenvalue weighted by Crippen LogP contribution is -2.22. The third-order valence-corrected chi connectivity index (χ3v) is 4.52. The maximum Gasteiger partial charge on any atom is 0.242 e. The molecule has 0 radical (unpaired) electrons. The third kappa shape index (κ3) is 4.42. The second-order valence-corrected chi connectivity index (χ2v) is 6.72. The van der Waals surface area contributed by atoms with Crippen LogP contribution in [-0.2, 0) is 23.1 Å². The first-order chi connectivity index (χ1) is 10.0. The molecule has 0 aliphatic heterocycles. The average Bonchev–Trinajstić information content (AvgIpc) is 2.93. The highest BCUT2D eigenvalue weighted by molar-refractivity contribution is 7.89. The quantitative estimate of drug-likeness (QED) is 0.731. The summed E-state index contributed by atoms with van der Waals surface area (Å²) in [5.74, 6) is 0. The van der Waals surface area contributed by atoms with Crippen molar-refractivity contribution in [2.75, 3.05) is 6.54 Å². The average molecular weight is 307 g/mol. The molecular formula is C15H21N3O2S. The van der Waals surface area contributed by atoms with Crippen LogP contribution in [0, 0.1) is 6.92 Å². The van der Waals surface area contributed by atoms with Crippen LogP contribution < -0.4 is 10.0 Å². The summed E-state index contributed by atoms with van der Waals surface area (Å²) in [5, 5.41) is 3.15. The Morgan fingerprint density at radius 2 is 2.00 bits per heavy atom. The molecule has 2 aromatic rings. The van der Waals surface area contributed by atoms with E-state index in [9.17, 15) is 8.42 Å². The van der Waals surface area contributed by atoms with Crippen molar-refractivity contribution in [2.45, 2.75) is 31.8 Å². The molecule has 0 atom stereocenters. The van der Waals surface area contributed by atoms with Crippen molar-refractivity contribution < 1.29 is 8.42 Å². The number of rotatable bonds is 7. The molecule has 1 aromatic carbocycles. The molecule has 0 aliphatic rings. The molecule has 0 aliphatic carbocycles. The lowest BCUT2D eigenvalue weighted by molar-refractivity contribution is 0.581. The van der Waals surface area contributed by atoms with E-state index >= 15 is 0 Å². The van der Waals surface area contributed by atoms with Gasteiger partial charge >= 0.3 is 0 Å². The Kier molecular flexibility index (Phi) is 5.17. The Hall–Kier alpha value is -1.63. The monoisotopic (exact) mass is 307 g/mol. The van der Waals surface area contributed by atoms with Gasteiger partial charge in [-0.05, 0) is 25.1 Å². The van der Waals surface area contributed by atoms with Gasteiger partial charge in [-0.1, -0.05) is 36.8 Å². The van der Waals surface area contributed by atoms with Gasteiger partial charge in [0.25, 0.3) is 0 Å². The Labute approximate surface area is 125 Å². The second kappa shape index (κ2) is 6.89. The highest BCUT2D eigenvalue weighted by atomic mass is 32.2. The molecule has 1 heterocycles. The number of hydrogen-bond acceptors (Lipinski definition) is 3. The van der Waals surface area contributed by atoms with Crippen LogP contribution in [0.5, 0.6) is 0 Å². The van der Waals surface area contributed by atoms with Crippen LogP contribution in [0.1, 0.15) is 23.7 Å². The molecule has 3 N–H and O–H groups in total. The van der Waals surface area contributed by atoms with Gasteiger partial charge in [-0.15, -0.1) is 0 Å². The first kappa shape index (κ1) is 15.8. The summed E-state index contributed by atoms with van der Waals surface area (Å²) < 4.78 is 27.1. The van der Waals surface area contributed by atoms with E-state index in [2.05, 4.69) is 15.0 Å². The van der Waals surface area contributed by atoms with Gasteiger partial charge in [0.2, 0.25) is 10.0 Å². The van der Waals surface area contributed by atoms with Crippen molar-refractivity contribution in [3.63, 3.8) is 0 Å². The number of benzene rings is 1. The predicted octanol–water partition coefficient (Wildman–Crippen LogP) is 1.91. The minimum absolute atomic E-state index is 0.267. The summed E-state index contributed by atoms with van der Waals surface area (Å²) in [4.78, 5) is 3.24. The van der Waals surface area contributed by atoms with Gasteiger partial charge in [-0.2, -0.15) is 0 Å². The first-order valence-electron chi connectivity index (χ1n) is 6.94. The minimum atomic E-state index is -3.48. The van der Waals surface area contributed by atoms with E-state index in [4.69, 9.17) is 0 Å². The zero-order chi connectivity index (χ0) is 15.3. The molecule has 21 heavy (non-hydrogen) atoms. The molecule has 1 aromatic heterocycles. The molecule has 114 valence electrons. The summed E-state index contributed by atoms with van der Waals surface area (Å²) >= 11 is 0. The first-order valence-corrected chi connectivity index (χ1v) is 8.43. The standard InChI is InChI=1S/C15H21N3O2S/c1-3-16-10-14-8-15(11-17-14)21(19,20)18-9-13-6-4-5-12(2)7-13/h4-8,11,16-18H,3,9-10H2,1-2H3. The molecule has 6 heteroatoms. The van der Waals surface area contributed by atoms with Gasteiger partial charge in [-0.25, -0.2) is 13.1 Å². The Morgan fingerprint density at radius 3 is 2.71 bits per heavy atom. The fraction of sp³-hybridized carbons (Fsp3) is 0.333. The maximum atomic E-state index is 12.2. The molecule has 2 rings (SSSR count). The Morgan fingerprint density at radius 1 is 1.19 bits per heavy atom. The van der Waals surface area contributed by atoms with Crippen LogP contribution in [0.3, 0.4) is 0 Å². The van der Waals surface area contributed by atoms with E-state index < -0.39 is 10.0 Å². The van der Waals surface area contributed by atoms with Crippen molar-refractivity contribution in [3.8, 4) is 0 Å². The van der Waals surface area contributed by atoms with Gasteiger partial charge in [0.05, 0.1) is 4.90 Å². The SMILES string of the molecule is CCNCc1cc(S(=O)(=O)NCc2cccc(C)c2)c[nH]1. The van der Waals surface area contributed by atoms with Crippen molar-refractivity contribution in [2.24, 2.45) is 0 Å². The fourth-order valence-electron chi connectivity index (χ4n) is 2.02.